The van der Waals surface area contributed by atoms with Gasteiger partial charge in [0.2, 0.25) is 0 Å². The summed E-state index contributed by atoms with van der Waals surface area (Å²) in [5, 5.41) is 2.88. The lowest BCUT2D eigenvalue weighted by molar-refractivity contribution is 0.0273. The quantitative estimate of drug-likeness (QED) is 0.575. The van der Waals surface area contributed by atoms with Gasteiger partial charge in [-0.2, -0.15) is 0 Å². The number of carbonyl (C=O) groups is 1. The number of hydrogen-bond donors (Lipinski definition) is 2. The molecule has 1 aliphatic rings. The monoisotopic (exact) mass is 373 g/mol. The Balaban J connectivity index is 1.56. The largest absolute Gasteiger partial charge is 0.378 e. The van der Waals surface area contributed by atoms with Crippen molar-refractivity contribution >= 4 is 16.9 Å². The van der Waals surface area contributed by atoms with Gasteiger partial charge in [0.1, 0.15) is 0 Å². The molecule has 0 bridgehead atoms. The van der Waals surface area contributed by atoms with E-state index in [-0.39, 0.29) is 5.91 Å². The molecular formula is C20H27N3O4. The molecule has 1 heterocycles. The average Bonchev–Trinajstić information content (AvgIpc) is 2.69. The van der Waals surface area contributed by atoms with Gasteiger partial charge in [-0.1, -0.05) is 19.3 Å². The van der Waals surface area contributed by atoms with Gasteiger partial charge in [0.15, 0.2) is 0 Å². The summed E-state index contributed by atoms with van der Waals surface area (Å²) in [7, 11) is 0. The van der Waals surface area contributed by atoms with Crippen LogP contribution in [0.25, 0.3) is 11.0 Å². The molecule has 1 aromatic heterocycles. The van der Waals surface area contributed by atoms with Gasteiger partial charge in [0.25, 0.3) is 5.91 Å². The smallest absolute Gasteiger partial charge is 0.316 e. The molecule has 3 rings (SSSR count). The molecule has 0 spiro atoms. The van der Waals surface area contributed by atoms with Crippen molar-refractivity contribution in [1.29, 1.82) is 0 Å². The van der Waals surface area contributed by atoms with Crippen LogP contribution in [0.4, 0.5) is 0 Å². The third-order valence-electron chi connectivity index (χ3n) is 5.07. The van der Waals surface area contributed by atoms with Gasteiger partial charge in [-0.05, 0) is 44.4 Å². The van der Waals surface area contributed by atoms with E-state index in [1.807, 2.05) is 0 Å². The predicted molar refractivity (Wildman–Crippen MR) is 104 cm³/mol. The highest BCUT2D eigenvalue weighted by molar-refractivity contribution is 5.97. The zero-order valence-corrected chi connectivity index (χ0v) is 15.8. The molecule has 0 unspecified atom stereocenters. The highest BCUT2D eigenvalue weighted by Crippen LogP contribution is 2.20. The molecule has 2 aromatic rings. The first kappa shape index (κ1) is 19.4. The summed E-state index contributed by atoms with van der Waals surface area (Å²) in [5.41, 5.74) is 0.281. The fraction of sp³-hybridized carbons (Fsp3) is 0.550. The van der Waals surface area contributed by atoms with Crippen LogP contribution in [0.2, 0.25) is 0 Å². The van der Waals surface area contributed by atoms with Crippen LogP contribution in [0, 0.1) is 0 Å². The number of rotatable bonds is 7. The van der Waals surface area contributed by atoms with Crippen molar-refractivity contribution in [1.82, 2.24) is 14.9 Å². The first-order chi connectivity index (χ1) is 13.1. The number of nitrogens with one attached hydrogen (secondary N) is 2. The number of aromatic amines is 1. The van der Waals surface area contributed by atoms with Crippen molar-refractivity contribution in [2.45, 2.75) is 58.1 Å². The zero-order valence-electron chi connectivity index (χ0n) is 15.8. The van der Waals surface area contributed by atoms with Crippen LogP contribution < -0.4 is 16.4 Å². The van der Waals surface area contributed by atoms with E-state index in [1.54, 1.807) is 25.1 Å². The van der Waals surface area contributed by atoms with Crippen molar-refractivity contribution in [3.8, 4) is 0 Å². The summed E-state index contributed by atoms with van der Waals surface area (Å²) >= 11 is 0. The third-order valence-corrected chi connectivity index (χ3v) is 5.07. The van der Waals surface area contributed by atoms with Gasteiger partial charge >= 0.3 is 11.1 Å². The average molecular weight is 373 g/mol. The maximum atomic E-state index is 12.3. The SMILES string of the molecule is CCn1c(=O)c(=O)[nH]c2cc(C(=O)NCCCOC3CCCCC3)ccc21. The van der Waals surface area contributed by atoms with E-state index < -0.39 is 11.1 Å². The van der Waals surface area contributed by atoms with Crippen molar-refractivity contribution in [2.24, 2.45) is 0 Å². The van der Waals surface area contributed by atoms with Gasteiger partial charge in [-0.3, -0.25) is 14.4 Å². The molecule has 1 aliphatic carbocycles. The number of amides is 1. The summed E-state index contributed by atoms with van der Waals surface area (Å²) in [6.07, 6.45) is 7.23. The Labute approximate surface area is 157 Å². The molecule has 7 nitrogen and oxygen atoms in total. The highest BCUT2D eigenvalue weighted by atomic mass is 16.5. The highest BCUT2D eigenvalue weighted by Gasteiger charge is 2.13. The number of fused-ring (bicyclic) bond motifs is 1. The molecule has 0 aliphatic heterocycles. The lowest BCUT2D eigenvalue weighted by atomic mass is 9.98. The van der Waals surface area contributed by atoms with Crippen LogP contribution in [0.3, 0.4) is 0 Å². The Morgan fingerprint density at radius 2 is 2.04 bits per heavy atom. The van der Waals surface area contributed by atoms with E-state index in [0.29, 0.717) is 42.4 Å². The van der Waals surface area contributed by atoms with Crippen LogP contribution in [-0.2, 0) is 11.3 Å². The molecule has 146 valence electrons. The van der Waals surface area contributed by atoms with Gasteiger partial charge in [-0.25, -0.2) is 0 Å². The minimum absolute atomic E-state index is 0.204. The molecule has 0 atom stereocenters. The number of hydrogen-bond acceptors (Lipinski definition) is 4. The Morgan fingerprint density at radius 1 is 1.26 bits per heavy atom. The van der Waals surface area contributed by atoms with Crippen molar-refractivity contribution < 1.29 is 9.53 Å². The van der Waals surface area contributed by atoms with E-state index in [9.17, 15) is 14.4 Å². The number of carbonyl (C=O) groups excluding carboxylic acids is 1. The second-order valence-electron chi connectivity index (χ2n) is 6.98. The molecular weight excluding hydrogens is 346 g/mol. The lowest BCUT2D eigenvalue weighted by Crippen LogP contribution is -2.36. The first-order valence-corrected chi connectivity index (χ1v) is 9.77. The predicted octanol–water partition coefficient (Wildman–Crippen LogP) is 2.18. The lowest BCUT2D eigenvalue weighted by Gasteiger charge is -2.21. The van der Waals surface area contributed by atoms with Crippen LogP contribution in [0.15, 0.2) is 27.8 Å². The molecule has 1 fully saturated rings. The summed E-state index contributed by atoms with van der Waals surface area (Å²) in [6.45, 7) is 3.38. The molecule has 1 amide bonds. The summed E-state index contributed by atoms with van der Waals surface area (Å²) in [4.78, 5) is 38.5. The minimum Gasteiger partial charge on any atom is -0.378 e. The second-order valence-corrected chi connectivity index (χ2v) is 6.98. The molecule has 1 saturated carbocycles. The van der Waals surface area contributed by atoms with Gasteiger partial charge in [0, 0.05) is 25.3 Å². The number of H-pyrrole nitrogens is 1. The maximum Gasteiger partial charge on any atom is 0.316 e. The Morgan fingerprint density at radius 3 is 2.78 bits per heavy atom. The Hall–Kier alpha value is -2.41. The van der Waals surface area contributed by atoms with E-state index in [4.69, 9.17) is 4.74 Å². The standard InChI is InChI=1S/C20H27N3O4/c1-2-23-17-10-9-14(13-16(17)22-19(25)20(23)26)18(24)21-11-6-12-27-15-7-4-3-5-8-15/h9-10,13,15H,2-8,11-12H2,1H3,(H,21,24)(H,22,25). The van der Waals surface area contributed by atoms with Crippen molar-refractivity contribution in [3.05, 3.63) is 44.5 Å². The third kappa shape index (κ3) is 4.66. The molecule has 2 N–H and O–H groups in total. The van der Waals surface area contributed by atoms with Gasteiger partial charge < -0.3 is 19.6 Å². The van der Waals surface area contributed by atoms with Gasteiger partial charge in [0.05, 0.1) is 17.1 Å². The van der Waals surface area contributed by atoms with Crippen LogP contribution in [-0.4, -0.2) is 34.7 Å². The first-order valence-electron chi connectivity index (χ1n) is 9.77. The summed E-state index contributed by atoms with van der Waals surface area (Å²) in [6, 6.07) is 4.97. The number of aromatic nitrogens is 2. The zero-order chi connectivity index (χ0) is 19.2. The molecule has 1 aromatic carbocycles. The number of benzene rings is 1. The molecule has 27 heavy (non-hydrogen) atoms. The van der Waals surface area contributed by atoms with Crippen LogP contribution >= 0.6 is 0 Å². The second kappa shape index (κ2) is 8.99. The van der Waals surface area contributed by atoms with E-state index in [2.05, 4.69) is 10.3 Å². The Kier molecular flexibility index (Phi) is 6.45. The van der Waals surface area contributed by atoms with Crippen LogP contribution in [0.5, 0.6) is 0 Å². The van der Waals surface area contributed by atoms with Crippen LogP contribution in [0.1, 0.15) is 55.8 Å². The van der Waals surface area contributed by atoms with E-state index in [0.717, 1.165) is 19.3 Å². The summed E-state index contributed by atoms with van der Waals surface area (Å²) < 4.78 is 7.26. The van der Waals surface area contributed by atoms with E-state index in [1.165, 1.54) is 23.8 Å². The minimum atomic E-state index is -0.679. The topological polar surface area (TPSA) is 93.2 Å². The van der Waals surface area contributed by atoms with Gasteiger partial charge in [-0.15, -0.1) is 0 Å². The normalized spacial score (nSPS) is 15.1. The fourth-order valence-corrected chi connectivity index (χ4v) is 3.59. The number of nitrogens with zero attached hydrogens (tertiary/aromatic N) is 1. The van der Waals surface area contributed by atoms with E-state index >= 15 is 0 Å². The number of aryl methyl sites for hydroxylation is 1. The molecule has 0 saturated heterocycles. The van der Waals surface area contributed by atoms with Crippen molar-refractivity contribution in [3.63, 3.8) is 0 Å². The Bertz CT molecular complexity index is 910. The summed E-state index contributed by atoms with van der Waals surface area (Å²) in [5.74, 6) is -0.204. The van der Waals surface area contributed by atoms with Crippen molar-refractivity contribution in [2.75, 3.05) is 13.2 Å². The molecule has 0 radical (unpaired) electrons. The molecule has 7 heteroatoms. The number of ether oxygens (including phenoxy) is 1. The maximum absolute atomic E-state index is 12.3. The fourth-order valence-electron chi connectivity index (χ4n) is 3.59.